The van der Waals surface area contributed by atoms with Crippen molar-refractivity contribution in [2.75, 3.05) is 39.5 Å². The lowest BCUT2D eigenvalue weighted by molar-refractivity contribution is 0.0520. The molecule has 2 aliphatic heterocycles. The summed E-state index contributed by atoms with van der Waals surface area (Å²) < 4.78 is 21.0. The first-order valence-corrected chi connectivity index (χ1v) is 8.29. The van der Waals surface area contributed by atoms with Crippen LogP contribution in [0.25, 0.3) is 0 Å². The van der Waals surface area contributed by atoms with Crippen LogP contribution in [0.2, 0.25) is 0 Å². The van der Waals surface area contributed by atoms with Crippen molar-refractivity contribution in [3.05, 3.63) is 0 Å². The van der Waals surface area contributed by atoms with Crippen molar-refractivity contribution in [2.24, 2.45) is 0 Å². The highest BCUT2D eigenvalue weighted by atomic mass is 16.6. The van der Waals surface area contributed by atoms with Crippen molar-refractivity contribution >= 4 is 12.2 Å². The van der Waals surface area contributed by atoms with Crippen LogP contribution >= 0.6 is 0 Å². The third-order valence-electron chi connectivity index (χ3n) is 4.16. The normalized spacial score (nSPS) is 26.8. The van der Waals surface area contributed by atoms with Gasteiger partial charge in [0.1, 0.15) is 12.2 Å². The third kappa shape index (κ3) is 4.97. The first kappa shape index (κ1) is 16.3. The molecule has 0 radical (unpaired) electrons. The van der Waals surface area contributed by atoms with Gasteiger partial charge in [-0.25, -0.2) is 9.59 Å². The molecule has 2 saturated heterocycles. The Morgan fingerprint density at radius 1 is 1.00 bits per heavy atom. The van der Waals surface area contributed by atoms with Crippen molar-refractivity contribution in [2.45, 2.75) is 43.9 Å². The fourth-order valence-corrected chi connectivity index (χ4v) is 2.70. The molecule has 8 nitrogen and oxygen atoms in total. The maximum absolute atomic E-state index is 12.2. The maximum Gasteiger partial charge on any atom is 0.410 e. The summed E-state index contributed by atoms with van der Waals surface area (Å²) in [5, 5.41) is 2.68. The van der Waals surface area contributed by atoms with E-state index in [1.807, 2.05) is 0 Å². The minimum atomic E-state index is -0.464. The Bertz CT molecular complexity index is 416. The van der Waals surface area contributed by atoms with Crippen LogP contribution in [0.4, 0.5) is 9.59 Å². The molecule has 3 aliphatic rings. The molecule has 0 bridgehead atoms. The van der Waals surface area contributed by atoms with Gasteiger partial charge in [0.25, 0.3) is 0 Å². The van der Waals surface area contributed by atoms with Gasteiger partial charge in [-0.15, -0.1) is 0 Å². The fraction of sp³-hybridized carbons (Fsp3) is 0.867. The number of ether oxygens (including phenoxy) is 4. The standard InChI is InChI=1S/C15H24N2O6/c18-14(22-12-3-7-20-9-12)16-5-6-17(11-1-2-11)15(19)23-13-4-8-21-10-13/h11-13H,1-10H2,(H,16,18). The van der Waals surface area contributed by atoms with Gasteiger partial charge < -0.3 is 29.2 Å². The van der Waals surface area contributed by atoms with Gasteiger partial charge in [0.05, 0.1) is 26.4 Å². The van der Waals surface area contributed by atoms with E-state index in [0.29, 0.717) is 39.5 Å². The van der Waals surface area contributed by atoms with Gasteiger partial charge in [-0.05, 0) is 12.8 Å². The average Bonchev–Trinajstić information content (AvgIpc) is 2.98. The van der Waals surface area contributed by atoms with E-state index in [4.69, 9.17) is 18.9 Å². The number of alkyl carbamates (subject to hydrolysis) is 1. The SMILES string of the molecule is O=C(NCCN(C(=O)OC1CCOC1)C1CC1)OC1CCOC1. The number of hydrogen-bond acceptors (Lipinski definition) is 6. The molecule has 130 valence electrons. The number of nitrogens with one attached hydrogen (secondary N) is 1. The van der Waals surface area contributed by atoms with Crippen LogP contribution in [0.15, 0.2) is 0 Å². The molecule has 3 rings (SSSR count). The molecule has 0 aromatic heterocycles. The lowest BCUT2D eigenvalue weighted by atomic mass is 10.3. The number of carbonyl (C=O) groups is 2. The summed E-state index contributed by atoms with van der Waals surface area (Å²) in [7, 11) is 0. The van der Waals surface area contributed by atoms with Crippen LogP contribution in [0.5, 0.6) is 0 Å². The van der Waals surface area contributed by atoms with Crippen molar-refractivity contribution < 1.29 is 28.5 Å². The molecule has 8 heteroatoms. The van der Waals surface area contributed by atoms with E-state index >= 15 is 0 Å². The Morgan fingerprint density at radius 2 is 1.65 bits per heavy atom. The van der Waals surface area contributed by atoms with Gasteiger partial charge in [0.2, 0.25) is 0 Å². The van der Waals surface area contributed by atoms with E-state index in [9.17, 15) is 9.59 Å². The van der Waals surface area contributed by atoms with Gasteiger partial charge in [0, 0.05) is 32.0 Å². The quantitative estimate of drug-likeness (QED) is 0.779. The first-order chi connectivity index (χ1) is 11.2. The molecule has 0 spiro atoms. The molecular weight excluding hydrogens is 304 g/mol. The summed E-state index contributed by atoms with van der Waals surface area (Å²) in [6.45, 7) is 2.96. The number of hydrogen-bond donors (Lipinski definition) is 1. The highest BCUT2D eigenvalue weighted by molar-refractivity contribution is 5.69. The Morgan fingerprint density at radius 3 is 2.22 bits per heavy atom. The van der Waals surface area contributed by atoms with E-state index < -0.39 is 6.09 Å². The highest BCUT2D eigenvalue weighted by Crippen LogP contribution is 2.27. The van der Waals surface area contributed by atoms with Gasteiger partial charge in [-0.1, -0.05) is 0 Å². The molecule has 0 aromatic carbocycles. The van der Waals surface area contributed by atoms with E-state index in [1.165, 1.54) is 0 Å². The van der Waals surface area contributed by atoms with Gasteiger partial charge in [0.15, 0.2) is 0 Å². The lowest BCUT2D eigenvalue weighted by Gasteiger charge is -2.23. The molecule has 23 heavy (non-hydrogen) atoms. The topological polar surface area (TPSA) is 86.3 Å². The summed E-state index contributed by atoms with van der Waals surface area (Å²) in [5.74, 6) is 0. The highest BCUT2D eigenvalue weighted by Gasteiger charge is 2.35. The zero-order chi connectivity index (χ0) is 16.1. The molecule has 0 aromatic rings. The molecular formula is C15H24N2O6. The summed E-state index contributed by atoms with van der Waals surface area (Å²) in [4.78, 5) is 25.6. The summed E-state index contributed by atoms with van der Waals surface area (Å²) in [6, 6.07) is 0.228. The third-order valence-corrected chi connectivity index (χ3v) is 4.16. The molecule has 1 aliphatic carbocycles. The molecule has 2 heterocycles. The largest absolute Gasteiger partial charge is 0.444 e. The minimum Gasteiger partial charge on any atom is -0.444 e. The molecule has 2 atom stereocenters. The Kier molecular flexibility index (Phi) is 5.56. The monoisotopic (exact) mass is 328 g/mol. The van der Waals surface area contributed by atoms with Crippen molar-refractivity contribution in [3.8, 4) is 0 Å². The van der Waals surface area contributed by atoms with E-state index in [0.717, 1.165) is 25.7 Å². The van der Waals surface area contributed by atoms with Gasteiger partial charge in [-0.2, -0.15) is 0 Å². The van der Waals surface area contributed by atoms with E-state index in [2.05, 4.69) is 5.32 Å². The molecule has 1 saturated carbocycles. The smallest absolute Gasteiger partial charge is 0.410 e. The van der Waals surface area contributed by atoms with E-state index in [-0.39, 0.29) is 24.3 Å². The maximum atomic E-state index is 12.2. The zero-order valence-corrected chi connectivity index (χ0v) is 13.2. The summed E-state index contributed by atoms with van der Waals surface area (Å²) >= 11 is 0. The van der Waals surface area contributed by atoms with Gasteiger partial charge >= 0.3 is 12.2 Å². The van der Waals surface area contributed by atoms with E-state index in [1.54, 1.807) is 4.90 Å². The van der Waals surface area contributed by atoms with Crippen LogP contribution < -0.4 is 5.32 Å². The summed E-state index contributed by atoms with van der Waals surface area (Å²) in [6.07, 6.45) is 2.36. The molecule has 2 amide bonds. The second-order valence-electron chi connectivity index (χ2n) is 6.11. The van der Waals surface area contributed by atoms with Crippen LogP contribution in [0, 0.1) is 0 Å². The zero-order valence-electron chi connectivity index (χ0n) is 13.2. The Labute approximate surface area is 135 Å². The van der Waals surface area contributed by atoms with Crippen LogP contribution in [-0.4, -0.2) is 74.9 Å². The Hall–Kier alpha value is -1.54. The predicted molar refractivity (Wildman–Crippen MR) is 79.1 cm³/mol. The molecule has 2 unspecified atom stereocenters. The second kappa shape index (κ2) is 7.83. The first-order valence-electron chi connectivity index (χ1n) is 8.29. The Balaban J connectivity index is 1.37. The lowest BCUT2D eigenvalue weighted by Crippen LogP contribution is -2.42. The van der Waals surface area contributed by atoms with Crippen LogP contribution in [0.1, 0.15) is 25.7 Å². The van der Waals surface area contributed by atoms with Gasteiger partial charge in [-0.3, -0.25) is 0 Å². The number of rotatable bonds is 6. The number of amides is 2. The number of carbonyl (C=O) groups excluding carboxylic acids is 2. The number of nitrogens with zero attached hydrogens (tertiary/aromatic N) is 1. The molecule has 1 N–H and O–H groups in total. The summed E-state index contributed by atoms with van der Waals surface area (Å²) in [5.41, 5.74) is 0. The van der Waals surface area contributed by atoms with Crippen LogP contribution in [0.3, 0.4) is 0 Å². The van der Waals surface area contributed by atoms with Crippen molar-refractivity contribution in [1.29, 1.82) is 0 Å². The predicted octanol–water partition coefficient (Wildman–Crippen LogP) is 0.891. The van der Waals surface area contributed by atoms with Crippen molar-refractivity contribution in [3.63, 3.8) is 0 Å². The van der Waals surface area contributed by atoms with Crippen molar-refractivity contribution in [1.82, 2.24) is 10.2 Å². The fourth-order valence-electron chi connectivity index (χ4n) is 2.70. The second-order valence-corrected chi connectivity index (χ2v) is 6.11. The average molecular weight is 328 g/mol. The minimum absolute atomic E-state index is 0.149. The van der Waals surface area contributed by atoms with Crippen LogP contribution in [-0.2, 0) is 18.9 Å². The molecule has 3 fully saturated rings.